The van der Waals surface area contributed by atoms with Crippen molar-refractivity contribution >= 4 is 0 Å². The van der Waals surface area contributed by atoms with Gasteiger partial charge in [-0.2, -0.15) is 13.2 Å². The van der Waals surface area contributed by atoms with E-state index in [9.17, 15) is 13.2 Å². The Hall–Kier alpha value is -0.970. The number of hydrogen-bond donors (Lipinski definition) is 1. The molecule has 0 aliphatic heterocycles. The van der Waals surface area contributed by atoms with Crippen LogP contribution in [0.1, 0.15) is 25.0 Å². The molecule has 1 aromatic heterocycles. The zero-order valence-electron chi connectivity index (χ0n) is 8.93. The molecule has 1 aliphatic rings. The van der Waals surface area contributed by atoms with Gasteiger partial charge in [-0.3, -0.25) is 0 Å². The first-order valence-corrected chi connectivity index (χ1v) is 5.49. The average Bonchev–Trinajstić information content (AvgIpc) is 2.90. The van der Waals surface area contributed by atoms with Gasteiger partial charge in [0.15, 0.2) is 0 Å². The molecule has 1 heterocycles. The third kappa shape index (κ3) is 3.56. The standard InChI is InChI=1S/C11H15F3N2/c12-11(13,14)5-7-16-6-1-2-10(16)8-15-9-3-4-9/h1-2,6,9,15H,3-5,7-8H2. The smallest absolute Gasteiger partial charge is 0.350 e. The lowest BCUT2D eigenvalue weighted by Gasteiger charge is -2.11. The first-order chi connectivity index (χ1) is 7.54. The largest absolute Gasteiger partial charge is 0.390 e. The Morgan fingerprint density at radius 2 is 2.12 bits per heavy atom. The number of halogens is 3. The van der Waals surface area contributed by atoms with Crippen LogP contribution in [0.15, 0.2) is 18.3 Å². The molecule has 0 bridgehead atoms. The third-order valence-electron chi connectivity index (χ3n) is 2.71. The van der Waals surface area contributed by atoms with E-state index >= 15 is 0 Å². The van der Waals surface area contributed by atoms with Crippen LogP contribution in [0, 0.1) is 0 Å². The number of rotatable bonds is 5. The maximum Gasteiger partial charge on any atom is 0.390 e. The van der Waals surface area contributed by atoms with Gasteiger partial charge in [-0.05, 0) is 25.0 Å². The number of nitrogens with zero attached hydrogens (tertiary/aromatic N) is 1. The zero-order valence-corrected chi connectivity index (χ0v) is 8.93. The number of alkyl halides is 3. The highest BCUT2D eigenvalue weighted by Crippen LogP contribution is 2.22. The van der Waals surface area contributed by atoms with Crippen molar-refractivity contribution in [1.82, 2.24) is 9.88 Å². The predicted octanol–water partition coefficient (Wildman–Crippen LogP) is 2.69. The second-order valence-electron chi connectivity index (χ2n) is 4.21. The van der Waals surface area contributed by atoms with E-state index in [4.69, 9.17) is 0 Å². The van der Waals surface area contributed by atoms with Crippen molar-refractivity contribution in [1.29, 1.82) is 0 Å². The van der Waals surface area contributed by atoms with Crippen molar-refractivity contribution in [2.45, 2.75) is 44.6 Å². The maximum absolute atomic E-state index is 12.1. The molecule has 1 saturated carbocycles. The summed E-state index contributed by atoms with van der Waals surface area (Å²) >= 11 is 0. The van der Waals surface area contributed by atoms with Gasteiger partial charge < -0.3 is 9.88 Å². The summed E-state index contributed by atoms with van der Waals surface area (Å²) in [5.41, 5.74) is 0.927. The summed E-state index contributed by atoms with van der Waals surface area (Å²) in [4.78, 5) is 0. The van der Waals surface area contributed by atoms with Crippen molar-refractivity contribution in [3.05, 3.63) is 24.0 Å². The molecule has 16 heavy (non-hydrogen) atoms. The molecular formula is C11H15F3N2. The molecule has 1 N–H and O–H groups in total. The Kier molecular flexibility index (Phi) is 3.23. The number of aromatic nitrogens is 1. The van der Waals surface area contributed by atoms with Gasteiger partial charge in [-0.1, -0.05) is 0 Å². The lowest BCUT2D eigenvalue weighted by molar-refractivity contribution is -0.136. The summed E-state index contributed by atoms with van der Waals surface area (Å²) in [7, 11) is 0. The molecular weight excluding hydrogens is 217 g/mol. The summed E-state index contributed by atoms with van der Waals surface area (Å²) in [5, 5.41) is 3.29. The lowest BCUT2D eigenvalue weighted by Crippen LogP contribution is -2.19. The van der Waals surface area contributed by atoms with Gasteiger partial charge in [0.05, 0.1) is 6.42 Å². The lowest BCUT2D eigenvalue weighted by atomic mass is 10.3. The Morgan fingerprint density at radius 1 is 1.38 bits per heavy atom. The van der Waals surface area contributed by atoms with E-state index in [0.29, 0.717) is 12.6 Å². The fourth-order valence-electron chi connectivity index (χ4n) is 1.61. The van der Waals surface area contributed by atoms with Crippen LogP contribution in [0.2, 0.25) is 0 Å². The van der Waals surface area contributed by atoms with Crippen LogP contribution in [-0.4, -0.2) is 16.8 Å². The van der Waals surface area contributed by atoms with Crippen molar-refractivity contribution in [2.75, 3.05) is 0 Å². The van der Waals surface area contributed by atoms with E-state index in [2.05, 4.69) is 5.32 Å². The van der Waals surface area contributed by atoms with Gasteiger partial charge in [0, 0.05) is 31.0 Å². The van der Waals surface area contributed by atoms with Crippen LogP contribution >= 0.6 is 0 Å². The van der Waals surface area contributed by atoms with Gasteiger partial charge in [0.2, 0.25) is 0 Å². The van der Waals surface area contributed by atoms with Crippen LogP contribution in [0.4, 0.5) is 13.2 Å². The quantitative estimate of drug-likeness (QED) is 0.826. The minimum absolute atomic E-state index is 0.0121. The van der Waals surface area contributed by atoms with Crippen LogP contribution in [-0.2, 0) is 13.1 Å². The Bertz CT molecular complexity index is 339. The van der Waals surface area contributed by atoms with Crippen molar-refractivity contribution in [3.8, 4) is 0 Å². The summed E-state index contributed by atoms with van der Waals surface area (Å²) in [6, 6.07) is 4.23. The number of hydrogen-bond acceptors (Lipinski definition) is 1. The summed E-state index contributed by atoms with van der Waals surface area (Å²) in [6.45, 7) is 0.674. The molecule has 2 rings (SSSR count). The van der Waals surface area contributed by atoms with E-state index in [1.54, 1.807) is 16.8 Å². The first kappa shape index (κ1) is 11.5. The second kappa shape index (κ2) is 4.49. The highest BCUT2D eigenvalue weighted by atomic mass is 19.4. The van der Waals surface area contributed by atoms with Crippen LogP contribution in [0.25, 0.3) is 0 Å². The van der Waals surface area contributed by atoms with Gasteiger partial charge in [-0.15, -0.1) is 0 Å². The Morgan fingerprint density at radius 3 is 2.75 bits per heavy atom. The van der Waals surface area contributed by atoms with E-state index in [0.717, 1.165) is 5.69 Å². The fraction of sp³-hybridized carbons (Fsp3) is 0.636. The SMILES string of the molecule is FC(F)(F)CCn1cccc1CNC1CC1. The van der Waals surface area contributed by atoms with Crippen LogP contribution < -0.4 is 5.32 Å². The molecule has 90 valence electrons. The predicted molar refractivity (Wildman–Crippen MR) is 55.0 cm³/mol. The highest BCUT2D eigenvalue weighted by Gasteiger charge is 2.27. The van der Waals surface area contributed by atoms with Crippen molar-refractivity contribution in [3.63, 3.8) is 0 Å². The summed E-state index contributed by atoms with van der Waals surface area (Å²) in [6.07, 6.45) is -0.772. The molecule has 0 radical (unpaired) electrons. The summed E-state index contributed by atoms with van der Waals surface area (Å²) in [5.74, 6) is 0. The van der Waals surface area contributed by atoms with Crippen LogP contribution in [0.5, 0.6) is 0 Å². The fourth-order valence-corrected chi connectivity index (χ4v) is 1.61. The molecule has 0 amide bonds. The van der Waals surface area contributed by atoms with Gasteiger partial charge in [-0.25, -0.2) is 0 Å². The molecule has 0 aromatic carbocycles. The number of nitrogens with one attached hydrogen (secondary N) is 1. The molecule has 1 aliphatic carbocycles. The first-order valence-electron chi connectivity index (χ1n) is 5.49. The number of aryl methyl sites for hydroxylation is 1. The topological polar surface area (TPSA) is 17.0 Å². The zero-order chi connectivity index (χ0) is 11.6. The normalized spacial score (nSPS) is 16.7. The average molecular weight is 232 g/mol. The third-order valence-corrected chi connectivity index (χ3v) is 2.71. The second-order valence-corrected chi connectivity index (χ2v) is 4.21. The van der Waals surface area contributed by atoms with Crippen molar-refractivity contribution in [2.24, 2.45) is 0 Å². The minimum Gasteiger partial charge on any atom is -0.350 e. The van der Waals surface area contributed by atoms with E-state index < -0.39 is 12.6 Å². The van der Waals surface area contributed by atoms with Crippen LogP contribution in [0.3, 0.4) is 0 Å². The molecule has 0 atom stereocenters. The maximum atomic E-state index is 12.1. The molecule has 0 saturated heterocycles. The molecule has 1 aromatic rings. The monoisotopic (exact) mass is 232 g/mol. The summed E-state index contributed by atoms with van der Waals surface area (Å²) < 4.78 is 37.9. The molecule has 0 spiro atoms. The van der Waals surface area contributed by atoms with E-state index in [-0.39, 0.29) is 6.54 Å². The van der Waals surface area contributed by atoms with Gasteiger partial charge >= 0.3 is 6.18 Å². The van der Waals surface area contributed by atoms with Gasteiger partial charge in [0.1, 0.15) is 0 Å². The Balaban J connectivity index is 1.85. The van der Waals surface area contributed by atoms with Crippen molar-refractivity contribution < 1.29 is 13.2 Å². The Labute approximate surface area is 92.4 Å². The molecule has 0 unspecified atom stereocenters. The molecule has 1 fully saturated rings. The van der Waals surface area contributed by atoms with E-state index in [1.807, 2.05) is 6.07 Å². The highest BCUT2D eigenvalue weighted by molar-refractivity contribution is 5.07. The molecule has 2 nitrogen and oxygen atoms in total. The minimum atomic E-state index is -4.08. The van der Waals surface area contributed by atoms with E-state index in [1.165, 1.54) is 12.8 Å². The van der Waals surface area contributed by atoms with Gasteiger partial charge in [0.25, 0.3) is 0 Å². The molecule has 5 heteroatoms.